The summed E-state index contributed by atoms with van der Waals surface area (Å²) in [5.74, 6) is 0. The molecule has 0 radical (unpaired) electrons. The van der Waals surface area contributed by atoms with Crippen LogP contribution in [0.1, 0.15) is 5.56 Å². The molecule has 0 aliphatic rings. The molecule has 0 unspecified atom stereocenters. The molecule has 0 saturated heterocycles. The fraction of sp³-hybridized carbons (Fsp3) is 0. The molecule has 0 bridgehead atoms. The molecule has 134 valence electrons. The molecule has 0 aliphatic heterocycles. The highest BCUT2D eigenvalue weighted by Crippen LogP contribution is 2.26. The van der Waals surface area contributed by atoms with Gasteiger partial charge in [0, 0.05) is 23.2 Å². The minimum atomic E-state index is -0.496. The van der Waals surface area contributed by atoms with Crippen LogP contribution in [0.2, 0.25) is 0 Å². The Morgan fingerprint density at radius 1 is 0.893 bits per heavy atom. The molecule has 6 nitrogen and oxygen atoms in total. The lowest BCUT2D eigenvalue weighted by atomic mass is 10.0. The fourth-order valence-electron chi connectivity index (χ4n) is 3.18. The van der Waals surface area contributed by atoms with Crippen molar-refractivity contribution in [2.75, 3.05) is 0 Å². The van der Waals surface area contributed by atoms with Gasteiger partial charge in [0.25, 0.3) is 11.2 Å². The van der Waals surface area contributed by atoms with Crippen LogP contribution in [-0.2, 0) is 0 Å². The number of pyridine rings is 1. The van der Waals surface area contributed by atoms with Gasteiger partial charge in [-0.2, -0.15) is 5.26 Å². The number of nitrogens with zero attached hydrogens (tertiary/aromatic N) is 3. The van der Waals surface area contributed by atoms with E-state index in [1.165, 1.54) is 28.8 Å². The monoisotopic (exact) mass is 367 g/mol. The summed E-state index contributed by atoms with van der Waals surface area (Å²) in [6.07, 6.45) is 0. The molecule has 1 heterocycles. The van der Waals surface area contributed by atoms with Gasteiger partial charge in [0.05, 0.1) is 10.4 Å². The zero-order chi connectivity index (χ0) is 19.7. The van der Waals surface area contributed by atoms with E-state index in [4.69, 9.17) is 0 Å². The van der Waals surface area contributed by atoms with Gasteiger partial charge in [0.15, 0.2) is 0 Å². The van der Waals surface area contributed by atoms with Gasteiger partial charge in [-0.15, -0.1) is 0 Å². The standard InChI is InChI=1S/C22H13N3O3/c23-14-18-12-17-7-6-16(15-4-2-1-3-5-15)13-21(17)24(22(18)26)19-8-10-20(11-9-19)25(27)28/h1-13H. The van der Waals surface area contributed by atoms with Crippen molar-refractivity contribution in [2.45, 2.75) is 0 Å². The van der Waals surface area contributed by atoms with Crippen molar-refractivity contribution in [1.82, 2.24) is 4.57 Å². The van der Waals surface area contributed by atoms with Crippen molar-refractivity contribution in [1.29, 1.82) is 5.26 Å². The summed E-state index contributed by atoms with van der Waals surface area (Å²) in [6, 6.07) is 24.6. The Balaban J connectivity index is 2.01. The maximum Gasteiger partial charge on any atom is 0.273 e. The summed E-state index contributed by atoms with van der Waals surface area (Å²) in [6.45, 7) is 0. The molecule has 28 heavy (non-hydrogen) atoms. The summed E-state index contributed by atoms with van der Waals surface area (Å²) in [5, 5.41) is 21.0. The predicted octanol–water partition coefficient (Wildman–Crippen LogP) is 4.44. The van der Waals surface area contributed by atoms with Crippen molar-refractivity contribution in [3.05, 3.63) is 105 Å². The quantitative estimate of drug-likeness (QED) is 0.395. The highest BCUT2D eigenvalue weighted by atomic mass is 16.6. The lowest BCUT2D eigenvalue weighted by Gasteiger charge is -2.13. The molecule has 6 heteroatoms. The van der Waals surface area contributed by atoms with E-state index in [1.54, 1.807) is 6.07 Å². The molecule has 4 rings (SSSR count). The van der Waals surface area contributed by atoms with Crippen LogP contribution in [0.15, 0.2) is 83.7 Å². The highest BCUT2D eigenvalue weighted by Gasteiger charge is 2.13. The first-order chi connectivity index (χ1) is 13.6. The highest BCUT2D eigenvalue weighted by molar-refractivity contribution is 5.87. The largest absolute Gasteiger partial charge is 0.276 e. The van der Waals surface area contributed by atoms with Gasteiger partial charge in [0.2, 0.25) is 0 Å². The van der Waals surface area contributed by atoms with Gasteiger partial charge >= 0.3 is 0 Å². The first kappa shape index (κ1) is 17.2. The molecule has 0 aliphatic carbocycles. The summed E-state index contributed by atoms with van der Waals surface area (Å²) in [7, 11) is 0. The number of hydrogen-bond acceptors (Lipinski definition) is 4. The van der Waals surface area contributed by atoms with Crippen LogP contribution >= 0.6 is 0 Å². The molecule has 1 aromatic heterocycles. The minimum Gasteiger partial charge on any atom is -0.276 e. The first-order valence-electron chi connectivity index (χ1n) is 8.48. The molecule has 0 atom stereocenters. The predicted molar refractivity (Wildman–Crippen MR) is 106 cm³/mol. The van der Waals surface area contributed by atoms with Gasteiger partial charge in [-0.3, -0.25) is 19.5 Å². The number of non-ortho nitro benzene ring substituents is 1. The molecule has 0 amide bonds. The molecule has 0 spiro atoms. The fourth-order valence-corrected chi connectivity index (χ4v) is 3.18. The van der Waals surface area contributed by atoms with Crippen molar-refractivity contribution in [3.8, 4) is 22.9 Å². The van der Waals surface area contributed by atoms with Gasteiger partial charge < -0.3 is 0 Å². The Kier molecular flexibility index (Phi) is 4.18. The number of fused-ring (bicyclic) bond motifs is 1. The lowest BCUT2D eigenvalue weighted by molar-refractivity contribution is -0.384. The smallest absolute Gasteiger partial charge is 0.273 e. The van der Waals surface area contributed by atoms with E-state index in [-0.39, 0.29) is 11.3 Å². The SMILES string of the molecule is N#Cc1cc2ccc(-c3ccccc3)cc2n(-c2ccc([N+](=O)[O-])cc2)c1=O. The van der Waals surface area contributed by atoms with Crippen LogP contribution in [0, 0.1) is 21.4 Å². The zero-order valence-electron chi connectivity index (χ0n) is 14.6. The average molecular weight is 367 g/mol. The van der Waals surface area contributed by atoms with Gasteiger partial charge in [-0.05, 0) is 35.4 Å². The molecule has 4 aromatic rings. The Morgan fingerprint density at radius 2 is 1.61 bits per heavy atom. The second-order valence-corrected chi connectivity index (χ2v) is 6.22. The molecule has 0 saturated carbocycles. The van der Waals surface area contributed by atoms with Gasteiger partial charge in [0.1, 0.15) is 11.6 Å². The third kappa shape index (κ3) is 2.91. The summed E-state index contributed by atoms with van der Waals surface area (Å²) in [5.41, 5.74) is 2.49. The molecular weight excluding hydrogens is 354 g/mol. The van der Waals surface area contributed by atoms with E-state index >= 15 is 0 Å². The van der Waals surface area contributed by atoms with E-state index in [9.17, 15) is 20.2 Å². The molecular formula is C22H13N3O3. The number of benzene rings is 3. The molecule has 0 fully saturated rings. The second-order valence-electron chi connectivity index (χ2n) is 6.22. The molecule has 3 aromatic carbocycles. The maximum atomic E-state index is 12.9. The third-order valence-electron chi connectivity index (χ3n) is 4.55. The Morgan fingerprint density at radius 3 is 2.25 bits per heavy atom. The van der Waals surface area contributed by atoms with Crippen molar-refractivity contribution in [3.63, 3.8) is 0 Å². The Bertz CT molecular complexity index is 1300. The second kappa shape index (κ2) is 6.82. The summed E-state index contributed by atoms with van der Waals surface area (Å²) < 4.78 is 1.42. The summed E-state index contributed by atoms with van der Waals surface area (Å²) >= 11 is 0. The number of nitro groups is 1. The van der Waals surface area contributed by atoms with Crippen LogP contribution < -0.4 is 5.56 Å². The van der Waals surface area contributed by atoms with Gasteiger partial charge in [-0.1, -0.05) is 42.5 Å². The van der Waals surface area contributed by atoms with Crippen LogP contribution in [0.4, 0.5) is 5.69 Å². The summed E-state index contributed by atoms with van der Waals surface area (Å²) in [4.78, 5) is 23.3. The number of nitro benzene ring substituents is 1. The van der Waals surface area contributed by atoms with Crippen molar-refractivity contribution < 1.29 is 4.92 Å². The van der Waals surface area contributed by atoms with Crippen LogP contribution in [0.5, 0.6) is 0 Å². The zero-order valence-corrected chi connectivity index (χ0v) is 14.6. The topological polar surface area (TPSA) is 88.9 Å². The third-order valence-corrected chi connectivity index (χ3v) is 4.55. The van der Waals surface area contributed by atoms with Crippen LogP contribution in [-0.4, -0.2) is 9.49 Å². The van der Waals surface area contributed by atoms with Crippen LogP contribution in [0.3, 0.4) is 0 Å². The van der Waals surface area contributed by atoms with E-state index in [0.29, 0.717) is 11.2 Å². The lowest BCUT2D eigenvalue weighted by Crippen LogP contribution is -2.21. The van der Waals surface area contributed by atoms with E-state index in [1.807, 2.05) is 54.6 Å². The van der Waals surface area contributed by atoms with Crippen LogP contribution in [0.25, 0.3) is 27.7 Å². The normalized spacial score (nSPS) is 10.5. The number of aromatic nitrogens is 1. The number of rotatable bonds is 3. The number of nitriles is 1. The maximum absolute atomic E-state index is 12.9. The Labute approximate surface area is 159 Å². The minimum absolute atomic E-state index is 0.0123. The Hall–Kier alpha value is -4.24. The number of hydrogen-bond donors (Lipinski definition) is 0. The van der Waals surface area contributed by atoms with E-state index in [0.717, 1.165) is 16.5 Å². The average Bonchev–Trinajstić information content (AvgIpc) is 2.73. The molecule has 0 N–H and O–H groups in total. The van der Waals surface area contributed by atoms with Gasteiger partial charge in [-0.25, -0.2) is 0 Å². The van der Waals surface area contributed by atoms with E-state index < -0.39 is 10.5 Å². The van der Waals surface area contributed by atoms with E-state index in [2.05, 4.69) is 0 Å². The first-order valence-corrected chi connectivity index (χ1v) is 8.48. The van der Waals surface area contributed by atoms with Crippen molar-refractivity contribution >= 4 is 16.6 Å². The van der Waals surface area contributed by atoms with Crippen molar-refractivity contribution in [2.24, 2.45) is 0 Å².